The summed E-state index contributed by atoms with van der Waals surface area (Å²) in [6.07, 6.45) is 0. The Morgan fingerprint density at radius 1 is 1.19 bits per heavy atom. The van der Waals surface area contributed by atoms with Gasteiger partial charge >= 0.3 is 0 Å². The van der Waals surface area contributed by atoms with Gasteiger partial charge in [0, 0.05) is 24.2 Å². The normalized spacial score (nSPS) is 10.4. The Labute approximate surface area is 131 Å². The van der Waals surface area contributed by atoms with Crippen molar-refractivity contribution in [1.82, 2.24) is 0 Å². The lowest BCUT2D eigenvalue weighted by atomic mass is 10.1. The topological polar surface area (TPSA) is 64.4 Å². The number of benzene rings is 2. The van der Waals surface area contributed by atoms with E-state index >= 15 is 0 Å². The van der Waals surface area contributed by atoms with Gasteiger partial charge in [0.15, 0.2) is 0 Å². The number of halogens is 1. The van der Waals surface area contributed by atoms with Gasteiger partial charge in [-0.15, -0.1) is 0 Å². The molecule has 0 aliphatic heterocycles. The number of hydrogen-bond acceptors (Lipinski definition) is 4. The zero-order valence-electron chi connectivity index (χ0n) is 11.5. The van der Waals surface area contributed by atoms with Crippen molar-refractivity contribution in [2.45, 2.75) is 13.2 Å². The molecule has 0 aliphatic rings. The molecule has 0 saturated carbocycles. The largest absolute Gasteiger partial charge is 0.380 e. The number of nitro groups is 1. The van der Waals surface area contributed by atoms with Crippen molar-refractivity contribution in [2.24, 2.45) is 0 Å². The minimum Gasteiger partial charge on any atom is -0.380 e. The Hall–Kier alpha value is -1.92. The lowest BCUT2D eigenvalue weighted by Gasteiger charge is -2.08. The Morgan fingerprint density at radius 3 is 2.48 bits per heavy atom. The first-order valence-corrected chi connectivity index (χ1v) is 7.14. The maximum atomic E-state index is 11.0. The van der Waals surface area contributed by atoms with E-state index in [1.807, 2.05) is 24.3 Å². The van der Waals surface area contributed by atoms with Gasteiger partial charge in [0.2, 0.25) is 0 Å². The maximum Gasteiger partial charge on any atom is 0.293 e. The molecule has 0 radical (unpaired) electrons. The van der Waals surface area contributed by atoms with Crippen molar-refractivity contribution < 1.29 is 9.66 Å². The summed E-state index contributed by atoms with van der Waals surface area (Å²) in [4.78, 5) is 10.6. The molecule has 0 bridgehead atoms. The predicted molar refractivity (Wildman–Crippen MR) is 85.3 cm³/mol. The second-order valence-corrected chi connectivity index (χ2v) is 5.44. The number of hydrogen-bond donors (Lipinski definition) is 1. The molecule has 2 rings (SSSR count). The Balaban J connectivity index is 2.07. The fourth-order valence-electron chi connectivity index (χ4n) is 1.92. The minimum absolute atomic E-state index is 0.0559. The Kier molecular flexibility index (Phi) is 5.30. The van der Waals surface area contributed by atoms with Gasteiger partial charge in [-0.3, -0.25) is 10.1 Å². The fourth-order valence-corrected chi connectivity index (χ4v) is 2.27. The quantitative estimate of drug-likeness (QED) is 0.628. The van der Waals surface area contributed by atoms with Crippen LogP contribution < -0.4 is 5.32 Å². The van der Waals surface area contributed by atoms with Crippen LogP contribution in [-0.2, 0) is 17.9 Å². The van der Waals surface area contributed by atoms with Gasteiger partial charge in [-0.25, -0.2) is 0 Å². The molecule has 0 spiro atoms. The highest BCUT2D eigenvalue weighted by atomic mass is 79.9. The van der Waals surface area contributed by atoms with E-state index in [9.17, 15) is 10.1 Å². The van der Waals surface area contributed by atoms with E-state index in [4.69, 9.17) is 4.74 Å². The second-order valence-electron chi connectivity index (χ2n) is 4.52. The molecule has 0 fully saturated rings. The maximum absolute atomic E-state index is 11.0. The second kappa shape index (κ2) is 7.19. The molecule has 0 amide bonds. The number of anilines is 1. The number of nitrogens with zero attached hydrogens (tertiary/aromatic N) is 1. The highest BCUT2D eigenvalue weighted by Gasteiger charge is 2.13. The summed E-state index contributed by atoms with van der Waals surface area (Å²) in [7, 11) is 1.65. The van der Waals surface area contributed by atoms with Gasteiger partial charge in [0.25, 0.3) is 5.69 Å². The van der Waals surface area contributed by atoms with Crippen LogP contribution in [0.15, 0.2) is 46.9 Å². The van der Waals surface area contributed by atoms with E-state index in [1.54, 1.807) is 19.2 Å². The lowest BCUT2D eigenvalue weighted by molar-refractivity contribution is -0.384. The molecule has 0 heterocycles. The first-order valence-electron chi connectivity index (χ1n) is 6.34. The molecule has 0 aromatic heterocycles. The third kappa shape index (κ3) is 4.27. The van der Waals surface area contributed by atoms with Gasteiger partial charge in [-0.2, -0.15) is 0 Å². The van der Waals surface area contributed by atoms with E-state index in [1.165, 1.54) is 6.07 Å². The molecule has 0 atom stereocenters. The minimum atomic E-state index is -0.394. The standard InChI is InChI=1S/C15H15BrN2O3/c1-21-10-12-4-2-11(3-5-12)9-17-14-7-6-13(16)8-15(14)18(19)20/h2-8,17H,9-10H2,1H3. The molecule has 21 heavy (non-hydrogen) atoms. The Morgan fingerprint density at radius 2 is 1.86 bits per heavy atom. The summed E-state index contributed by atoms with van der Waals surface area (Å²) < 4.78 is 5.74. The van der Waals surface area contributed by atoms with Gasteiger partial charge < -0.3 is 10.1 Å². The molecule has 2 aromatic carbocycles. The predicted octanol–water partition coefficient (Wildman–Crippen LogP) is 4.12. The van der Waals surface area contributed by atoms with E-state index < -0.39 is 4.92 Å². The van der Waals surface area contributed by atoms with Gasteiger partial charge in [0.05, 0.1) is 11.5 Å². The molecule has 0 aliphatic carbocycles. The molecule has 2 aromatic rings. The van der Waals surface area contributed by atoms with Gasteiger partial charge in [-0.1, -0.05) is 40.2 Å². The van der Waals surface area contributed by atoms with Crippen LogP contribution in [0.5, 0.6) is 0 Å². The average Bonchev–Trinajstić information content (AvgIpc) is 2.47. The molecule has 1 N–H and O–H groups in total. The van der Waals surface area contributed by atoms with Crippen LogP contribution in [0, 0.1) is 10.1 Å². The summed E-state index contributed by atoms with van der Waals surface area (Å²) in [6.45, 7) is 1.10. The van der Waals surface area contributed by atoms with E-state index in [2.05, 4.69) is 21.2 Å². The number of nitrogens with one attached hydrogen (secondary N) is 1. The molecule has 5 nitrogen and oxygen atoms in total. The fraction of sp³-hybridized carbons (Fsp3) is 0.200. The third-order valence-corrected chi connectivity index (χ3v) is 3.47. The summed E-state index contributed by atoms with van der Waals surface area (Å²) in [5.41, 5.74) is 2.70. The van der Waals surface area contributed by atoms with Gasteiger partial charge in [0.1, 0.15) is 5.69 Å². The van der Waals surface area contributed by atoms with Crippen LogP contribution in [0.2, 0.25) is 0 Å². The summed E-state index contributed by atoms with van der Waals surface area (Å²) >= 11 is 3.24. The van der Waals surface area contributed by atoms with E-state index in [0.29, 0.717) is 23.3 Å². The first kappa shape index (κ1) is 15.5. The molecular formula is C15H15BrN2O3. The van der Waals surface area contributed by atoms with Crippen LogP contribution >= 0.6 is 15.9 Å². The van der Waals surface area contributed by atoms with Crippen molar-refractivity contribution in [3.05, 3.63) is 68.2 Å². The average molecular weight is 351 g/mol. The summed E-state index contributed by atoms with van der Waals surface area (Å²) in [6, 6.07) is 12.9. The van der Waals surface area contributed by atoms with Crippen molar-refractivity contribution in [3.63, 3.8) is 0 Å². The molecule has 0 unspecified atom stereocenters. The van der Waals surface area contributed by atoms with Crippen LogP contribution in [-0.4, -0.2) is 12.0 Å². The number of nitro benzene ring substituents is 1. The van der Waals surface area contributed by atoms with Crippen molar-refractivity contribution in [3.8, 4) is 0 Å². The number of ether oxygens (including phenoxy) is 1. The summed E-state index contributed by atoms with van der Waals surface area (Å²) in [5, 5.41) is 14.1. The van der Waals surface area contributed by atoms with Gasteiger partial charge in [-0.05, 0) is 23.3 Å². The van der Waals surface area contributed by atoms with Crippen molar-refractivity contribution >= 4 is 27.3 Å². The molecule has 110 valence electrons. The zero-order chi connectivity index (χ0) is 15.2. The van der Waals surface area contributed by atoms with E-state index in [-0.39, 0.29) is 5.69 Å². The van der Waals surface area contributed by atoms with Crippen LogP contribution in [0.4, 0.5) is 11.4 Å². The van der Waals surface area contributed by atoms with Crippen molar-refractivity contribution in [1.29, 1.82) is 0 Å². The number of rotatable bonds is 6. The number of methoxy groups -OCH3 is 1. The highest BCUT2D eigenvalue weighted by molar-refractivity contribution is 9.10. The van der Waals surface area contributed by atoms with Crippen molar-refractivity contribution in [2.75, 3.05) is 12.4 Å². The monoisotopic (exact) mass is 350 g/mol. The zero-order valence-corrected chi connectivity index (χ0v) is 13.1. The van der Waals surface area contributed by atoms with E-state index in [0.717, 1.165) is 11.1 Å². The smallest absolute Gasteiger partial charge is 0.293 e. The Bertz CT molecular complexity index is 629. The summed E-state index contributed by atoms with van der Waals surface area (Å²) in [5.74, 6) is 0. The highest BCUT2D eigenvalue weighted by Crippen LogP contribution is 2.28. The molecular weight excluding hydrogens is 336 g/mol. The first-order chi connectivity index (χ1) is 10.1. The van der Waals surface area contributed by atoms with Crippen LogP contribution in [0.25, 0.3) is 0 Å². The third-order valence-electron chi connectivity index (χ3n) is 2.97. The molecule has 6 heteroatoms. The lowest BCUT2D eigenvalue weighted by Crippen LogP contribution is -2.02. The van der Waals surface area contributed by atoms with Crippen LogP contribution in [0.1, 0.15) is 11.1 Å². The molecule has 0 saturated heterocycles. The van der Waals surface area contributed by atoms with Crippen LogP contribution in [0.3, 0.4) is 0 Å². The SMILES string of the molecule is COCc1ccc(CNc2ccc(Br)cc2[N+](=O)[O-])cc1.